The third kappa shape index (κ3) is 22.5. The Kier molecular flexibility index (Phi) is 30.1. The summed E-state index contributed by atoms with van der Waals surface area (Å²) in [5, 5.41) is 4.48. The lowest BCUT2D eigenvalue weighted by atomic mass is 9.88. The molecule has 0 saturated carbocycles. The van der Waals surface area contributed by atoms with Gasteiger partial charge in [-0.2, -0.15) is 0 Å². The van der Waals surface area contributed by atoms with Crippen molar-refractivity contribution in [3.05, 3.63) is 284 Å². The molecule has 0 aliphatic heterocycles. The van der Waals surface area contributed by atoms with Gasteiger partial charge in [0.25, 0.3) is 0 Å². The Labute approximate surface area is 688 Å². The van der Waals surface area contributed by atoms with Gasteiger partial charge in [-0.1, -0.05) is 146 Å². The number of benzene rings is 8. The summed E-state index contributed by atoms with van der Waals surface area (Å²) in [5.41, 5.74) is 20.9. The molecular formula is C100H120N8O8. The van der Waals surface area contributed by atoms with Crippen molar-refractivity contribution in [3.8, 4) is 23.0 Å². The van der Waals surface area contributed by atoms with Crippen molar-refractivity contribution in [2.45, 2.75) is 185 Å². The number of para-hydroxylation sites is 4. The van der Waals surface area contributed by atoms with Gasteiger partial charge in [0, 0.05) is 150 Å². The molecule has 0 unspecified atom stereocenters. The fourth-order valence-corrected chi connectivity index (χ4v) is 15.9. The minimum absolute atomic E-state index is 0.153. The average Bonchev–Trinajstić information content (AvgIpc) is 0.767. The van der Waals surface area contributed by atoms with Crippen molar-refractivity contribution >= 4 is 43.6 Å². The molecule has 0 saturated heterocycles. The van der Waals surface area contributed by atoms with Gasteiger partial charge in [-0.25, -0.2) is 0 Å². The minimum atomic E-state index is 0.153. The van der Waals surface area contributed by atoms with Gasteiger partial charge in [0.05, 0.1) is 71.3 Å². The monoisotopic (exact) mass is 1560 g/mol. The molecule has 608 valence electrons. The van der Waals surface area contributed by atoms with Gasteiger partial charge in [-0.15, -0.1) is 0 Å². The highest BCUT2D eigenvalue weighted by Gasteiger charge is 2.29. The molecule has 16 heteroatoms. The predicted octanol–water partition coefficient (Wildman–Crippen LogP) is 19.9. The third-order valence-corrected chi connectivity index (χ3v) is 22.0. The number of ether oxygens (including phenoxy) is 8. The summed E-state index contributed by atoms with van der Waals surface area (Å²) >= 11 is 0. The van der Waals surface area contributed by atoms with E-state index in [9.17, 15) is 0 Å². The van der Waals surface area contributed by atoms with Gasteiger partial charge in [-0.3, -0.25) is 39.5 Å². The molecule has 12 aromatic rings. The summed E-state index contributed by atoms with van der Waals surface area (Å²) in [5.74, 6) is 3.27. The second-order valence-electron chi connectivity index (χ2n) is 31.8. The van der Waals surface area contributed by atoms with Crippen LogP contribution in [0.3, 0.4) is 0 Å². The number of hydrogen-bond donors (Lipinski definition) is 0. The van der Waals surface area contributed by atoms with Crippen molar-refractivity contribution in [2.24, 2.45) is 0 Å². The van der Waals surface area contributed by atoms with Gasteiger partial charge in [0.2, 0.25) is 0 Å². The molecule has 0 fully saturated rings. The second-order valence-corrected chi connectivity index (χ2v) is 31.8. The Balaban J connectivity index is 1.06. The Morgan fingerprint density at radius 1 is 0.250 bits per heavy atom. The number of nitrogens with zero attached hydrogens (tertiary/aromatic N) is 8. The molecule has 116 heavy (non-hydrogen) atoms. The summed E-state index contributed by atoms with van der Waals surface area (Å²) in [6, 6.07) is 71.0. The van der Waals surface area contributed by atoms with E-state index in [0.717, 1.165) is 156 Å². The van der Waals surface area contributed by atoms with Crippen LogP contribution in [-0.4, -0.2) is 143 Å². The average molecular weight is 1560 g/mol. The van der Waals surface area contributed by atoms with Gasteiger partial charge in [0.15, 0.2) is 0 Å². The van der Waals surface area contributed by atoms with Crippen LogP contribution in [0.1, 0.15) is 173 Å². The highest BCUT2D eigenvalue weighted by atomic mass is 16.5. The maximum absolute atomic E-state index is 7.44. The zero-order valence-electron chi connectivity index (χ0n) is 70.6. The lowest BCUT2D eigenvalue weighted by molar-refractivity contribution is 0.108. The summed E-state index contributed by atoms with van der Waals surface area (Å²) < 4.78 is 54.5. The molecular weight excluding hydrogens is 1440 g/mol. The van der Waals surface area contributed by atoms with Crippen LogP contribution in [0.4, 0.5) is 0 Å². The molecule has 4 aromatic heterocycles. The van der Waals surface area contributed by atoms with Crippen LogP contribution in [0.15, 0.2) is 194 Å². The topological polar surface area (TPSA) is 138 Å². The van der Waals surface area contributed by atoms with E-state index in [4.69, 9.17) is 57.8 Å². The Bertz CT molecular complexity index is 4480. The third-order valence-electron chi connectivity index (χ3n) is 22.0. The fourth-order valence-electron chi connectivity index (χ4n) is 15.9. The number of aromatic nitrogens is 4. The lowest BCUT2D eigenvalue weighted by Crippen LogP contribution is -2.30. The number of hydrogen-bond acceptors (Lipinski definition) is 16. The van der Waals surface area contributed by atoms with Gasteiger partial charge < -0.3 is 37.9 Å². The molecule has 1 aliphatic rings. The standard InChI is InChI=1S/C100H120N8O8/c1-13-109-41-45-113-97-81-49-73(61-105(69(5)6)65-89-37-33-77-25-17-21-29-93(77)101-89)50-82(97)58-84-52-75(63-107(71(9)10)67-91-39-35-79-27-19-23-31-95(79)103-91)54-86(99(84)115-47-43-111-15-3)60-88-56-76(64-108(72(11)12)68-92-40-36-80-28-20-24-32-96(80)104-92)55-87(100(88)116-48-44-112-16-4)59-85-53-74(51-83(57-81)98(85)114-46-42-110-14-2)62-106(70(7)8)66-90-38-34-78-26-18-22-30-94(78)102-90/h17-40,49-56,69-72H,13-16,41-48,57-68H2,1-12H3. The number of fused-ring (bicyclic) bond motifs is 12. The molecule has 4 heterocycles. The summed E-state index contributed by atoms with van der Waals surface area (Å²) in [4.78, 5) is 31.2. The molecule has 16 nitrogen and oxygen atoms in total. The Morgan fingerprint density at radius 3 is 0.638 bits per heavy atom. The zero-order chi connectivity index (χ0) is 80.9. The first-order valence-electron chi connectivity index (χ1n) is 42.3. The molecule has 0 amide bonds. The molecule has 0 N–H and O–H groups in total. The minimum Gasteiger partial charge on any atom is -0.491 e. The van der Waals surface area contributed by atoms with E-state index in [-0.39, 0.29) is 24.2 Å². The summed E-state index contributed by atoms with van der Waals surface area (Å²) in [6.45, 7) is 36.8. The molecule has 0 spiro atoms. The van der Waals surface area contributed by atoms with Crippen LogP contribution in [0, 0.1) is 0 Å². The number of pyridine rings is 4. The summed E-state index contributed by atoms with van der Waals surface area (Å²) in [7, 11) is 0. The molecule has 1 aliphatic carbocycles. The summed E-state index contributed by atoms with van der Waals surface area (Å²) in [6.07, 6.45) is 1.84. The van der Waals surface area contributed by atoms with Crippen molar-refractivity contribution in [1.29, 1.82) is 0 Å². The SMILES string of the molecule is CCOCCOc1c2cc(CN(Cc3ccc4ccccc4n3)C(C)C)cc1Cc1cc(CN(Cc3ccc4ccccc4n3)C(C)C)cc(c1OCCOCC)Cc1cc(CN(Cc3ccc4ccccc4n3)C(C)C)cc(c1OCCOCC)Cc1cc(CN(Cc3ccc4ccccc4n3)C(C)C)cc(c1OCCOCC)C2. The number of rotatable bonds is 40. The smallest absolute Gasteiger partial charge is 0.126 e. The first kappa shape index (κ1) is 84.2. The zero-order valence-corrected chi connectivity index (χ0v) is 70.6. The fraction of sp³-hybridized carbons (Fsp3) is 0.400. The molecule has 8 aromatic carbocycles. The van der Waals surface area contributed by atoms with Crippen molar-refractivity contribution in [2.75, 3.05) is 79.3 Å². The van der Waals surface area contributed by atoms with Crippen molar-refractivity contribution in [3.63, 3.8) is 0 Å². The predicted molar refractivity (Wildman–Crippen MR) is 469 cm³/mol. The Hall–Kier alpha value is -9.72. The van der Waals surface area contributed by atoms with Crippen LogP contribution < -0.4 is 18.9 Å². The van der Waals surface area contributed by atoms with E-state index in [2.05, 4.69) is 269 Å². The van der Waals surface area contributed by atoms with Crippen LogP contribution >= 0.6 is 0 Å². The normalized spacial score (nSPS) is 12.6. The van der Waals surface area contributed by atoms with Crippen LogP contribution in [0.5, 0.6) is 23.0 Å². The van der Waals surface area contributed by atoms with Gasteiger partial charge >= 0.3 is 0 Å². The van der Waals surface area contributed by atoms with E-state index in [1.165, 1.54) is 0 Å². The second kappa shape index (κ2) is 41.4. The maximum atomic E-state index is 7.44. The van der Waals surface area contributed by atoms with E-state index in [0.29, 0.717) is 157 Å². The van der Waals surface area contributed by atoms with E-state index >= 15 is 0 Å². The van der Waals surface area contributed by atoms with E-state index < -0.39 is 0 Å². The van der Waals surface area contributed by atoms with Crippen molar-refractivity contribution < 1.29 is 37.9 Å². The van der Waals surface area contributed by atoms with Crippen molar-refractivity contribution in [1.82, 2.24) is 39.5 Å². The largest absolute Gasteiger partial charge is 0.491 e. The molecule has 0 atom stereocenters. The first-order valence-corrected chi connectivity index (χ1v) is 42.3. The van der Waals surface area contributed by atoms with Gasteiger partial charge in [-0.05, 0) is 198 Å². The highest BCUT2D eigenvalue weighted by Crippen LogP contribution is 2.43. The molecule has 13 rings (SSSR count). The Morgan fingerprint density at radius 2 is 0.448 bits per heavy atom. The molecule has 8 bridgehead atoms. The maximum Gasteiger partial charge on any atom is 0.126 e. The van der Waals surface area contributed by atoms with Gasteiger partial charge in [0.1, 0.15) is 49.4 Å². The van der Waals surface area contributed by atoms with Crippen LogP contribution in [0.25, 0.3) is 43.6 Å². The lowest BCUT2D eigenvalue weighted by Gasteiger charge is -2.30. The quantitative estimate of drug-likeness (QED) is 0.0336. The molecule has 0 radical (unpaired) electrons. The highest BCUT2D eigenvalue weighted by molar-refractivity contribution is 5.81. The van der Waals surface area contributed by atoms with E-state index in [1.807, 2.05) is 27.7 Å². The van der Waals surface area contributed by atoms with Crippen LogP contribution in [-0.2, 0) is 97.0 Å². The van der Waals surface area contributed by atoms with Crippen LogP contribution in [0.2, 0.25) is 0 Å². The van der Waals surface area contributed by atoms with E-state index in [1.54, 1.807) is 0 Å². The first-order chi connectivity index (χ1) is 56.5.